The molecule has 56 valence electrons. The van der Waals surface area contributed by atoms with Gasteiger partial charge in [0.25, 0.3) is 0 Å². The number of hydrogen-bond acceptors (Lipinski definition) is 4. The van der Waals surface area contributed by atoms with Crippen molar-refractivity contribution in [1.82, 2.24) is 0 Å². The summed E-state index contributed by atoms with van der Waals surface area (Å²) in [6, 6.07) is 0. The van der Waals surface area contributed by atoms with Gasteiger partial charge < -0.3 is 19.8 Å². The lowest BCUT2D eigenvalue weighted by atomic mass is 10.5. The van der Waals surface area contributed by atoms with E-state index < -0.39 is 20.9 Å². The highest BCUT2D eigenvalue weighted by atomic mass is 79.9. The summed E-state index contributed by atoms with van der Waals surface area (Å²) in [6.07, 6.45) is 0. The van der Waals surface area contributed by atoms with Crippen LogP contribution < -0.4 is 10.2 Å². The van der Waals surface area contributed by atoms with E-state index in [-0.39, 0.29) is 0 Å². The number of rotatable bonds is 2. The first-order valence-corrected chi connectivity index (χ1v) is 3.53. The van der Waals surface area contributed by atoms with Gasteiger partial charge in [-0.05, 0) is 31.9 Å². The molecule has 0 unspecified atom stereocenters. The SMILES string of the molecule is O=C([O-])/C(Br)=C(/Br)C(=O)[O-]. The highest BCUT2D eigenvalue weighted by Gasteiger charge is 2.01. The molecule has 0 radical (unpaired) electrons. The zero-order valence-corrected chi connectivity index (χ0v) is 7.56. The van der Waals surface area contributed by atoms with Crippen molar-refractivity contribution < 1.29 is 19.8 Å². The maximum atomic E-state index is 9.91. The van der Waals surface area contributed by atoms with Crippen molar-refractivity contribution in [2.45, 2.75) is 0 Å². The molecule has 0 saturated carbocycles. The van der Waals surface area contributed by atoms with Crippen molar-refractivity contribution in [3.05, 3.63) is 8.96 Å². The first kappa shape index (κ1) is 9.64. The molecular formula is C4Br2O4-2. The summed E-state index contributed by atoms with van der Waals surface area (Å²) in [4.78, 5) is 19.8. The third kappa shape index (κ3) is 2.49. The molecule has 0 heterocycles. The number of carboxylic acid groups (broad SMARTS) is 2. The van der Waals surface area contributed by atoms with Gasteiger partial charge in [0.15, 0.2) is 0 Å². The summed E-state index contributed by atoms with van der Waals surface area (Å²) in [7, 11) is 0. The van der Waals surface area contributed by atoms with Gasteiger partial charge in [-0.2, -0.15) is 0 Å². The molecule has 0 N–H and O–H groups in total. The Morgan fingerprint density at radius 2 is 1.10 bits per heavy atom. The molecule has 0 amide bonds. The molecule has 0 rings (SSSR count). The average Bonchev–Trinajstić information content (AvgIpc) is 1.84. The normalized spacial score (nSPS) is 12.2. The van der Waals surface area contributed by atoms with Crippen molar-refractivity contribution in [2.75, 3.05) is 0 Å². The maximum Gasteiger partial charge on any atom is 0.0797 e. The standard InChI is InChI=1S/C4H2Br2O4/c5-1(3(7)8)2(6)4(9)10/h(H,7,8)(H,9,10)/p-2/b2-1-. The lowest BCUT2D eigenvalue weighted by Crippen LogP contribution is -2.28. The average molecular weight is 272 g/mol. The second kappa shape index (κ2) is 3.72. The second-order valence-corrected chi connectivity index (χ2v) is 2.79. The summed E-state index contributed by atoms with van der Waals surface area (Å²) in [6.45, 7) is 0. The molecule has 0 aromatic rings. The third-order valence-corrected chi connectivity index (χ3v) is 2.52. The van der Waals surface area contributed by atoms with E-state index in [1.54, 1.807) is 0 Å². The van der Waals surface area contributed by atoms with Crippen molar-refractivity contribution in [1.29, 1.82) is 0 Å². The number of carbonyl (C=O) groups excluding carboxylic acids is 2. The van der Waals surface area contributed by atoms with Crippen LogP contribution in [0, 0.1) is 0 Å². The zero-order valence-electron chi connectivity index (χ0n) is 4.39. The van der Waals surface area contributed by atoms with Crippen LogP contribution in [-0.4, -0.2) is 11.9 Å². The molecule has 0 bridgehead atoms. The van der Waals surface area contributed by atoms with Gasteiger partial charge in [0.2, 0.25) is 0 Å². The van der Waals surface area contributed by atoms with Gasteiger partial charge in [-0.1, -0.05) is 0 Å². The molecule has 0 saturated heterocycles. The molecule has 0 aromatic heterocycles. The van der Waals surface area contributed by atoms with Crippen LogP contribution in [0.3, 0.4) is 0 Å². The van der Waals surface area contributed by atoms with E-state index in [1.807, 2.05) is 0 Å². The molecule has 0 aromatic carbocycles. The minimum absolute atomic E-state index is 0.576. The molecule has 0 aliphatic rings. The van der Waals surface area contributed by atoms with Crippen molar-refractivity contribution in [3.8, 4) is 0 Å². The fourth-order valence-corrected chi connectivity index (χ4v) is 0.503. The number of carbonyl (C=O) groups is 2. The van der Waals surface area contributed by atoms with Gasteiger partial charge in [0, 0.05) is 0 Å². The Bertz CT molecular complexity index is 185. The molecular weight excluding hydrogens is 272 g/mol. The minimum atomic E-state index is -1.61. The molecule has 0 aliphatic heterocycles. The molecule has 0 spiro atoms. The Morgan fingerprint density at radius 3 is 1.20 bits per heavy atom. The monoisotopic (exact) mass is 270 g/mol. The molecule has 6 heteroatoms. The second-order valence-electron chi connectivity index (χ2n) is 1.20. The van der Waals surface area contributed by atoms with E-state index in [4.69, 9.17) is 0 Å². The van der Waals surface area contributed by atoms with Gasteiger partial charge >= 0.3 is 0 Å². The Morgan fingerprint density at radius 1 is 0.900 bits per heavy atom. The number of halogens is 2. The van der Waals surface area contributed by atoms with Crippen LogP contribution in [0.4, 0.5) is 0 Å². The minimum Gasteiger partial charge on any atom is -0.544 e. The van der Waals surface area contributed by atoms with E-state index in [0.29, 0.717) is 0 Å². The van der Waals surface area contributed by atoms with Gasteiger partial charge in [-0.15, -0.1) is 0 Å². The summed E-state index contributed by atoms with van der Waals surface area (Å²) >= 11 is 4.92. The molecule has 0 fully saturated rings. The van der Waals surface area contributed by atoms with Crippen LogP contribution in [0.5, 0.6) is 0 Å². The highest BCUT2D eigenvalue weighted by molar-refractivity contribution is 9.14. The van der Waals surface area contributed by atoms with Gasteiger partial charge in [0.05, 0.1) is 20.9 Å². The van der Waals surface area contributed by atoms with Crippen molar-refractivity contribution >= 4 is 43.8 Å². The Labute approximate surface area is 72.8 Å². The van der Waals surface area contributed by atoms with Crippen LogP contribution in [0.2, 0.25) is 0 Å². The summed E-state index contributed by atoms with van der Waals surface area (Å²) < 4.78 is -1.15. The lowest BCUT2D eigenvalue weighted by Gasteiger charge is -2.04. The van der Waals surface area contributed by atoms with Gasteiger partial charge in [-0.25, -0.2) is 0 Å². The third-order valence-electron chi connectivity index (χ3n) is 0.551. The summed E-state index contributed by atoms with van der Waals surface area (Å²) in [5.74, 6) is -3.23. The fourth-order valence-electron chi connectivity index (χ4n) is 0.179. The summed E-state index contributed by atoms with van der Waals surface area (Å²) in [5.41, 5.74) is 0. The van der Waals surface area contributed by atoms with E-state index >= 15 is 0 Å². The number of carboxylic acids is 2. The highest BCUT2D eigenvalue weighted by Crippen LogP contribution is 2.15. The maximum absolute atomic E-state index is 9.91. The van der Waals surface area contributed by atoms with Gasteiger partial charge in [-0.3, -0.25) is 0 Å². The smallest absolute Gasteiger partial charge is 0.0797 e. The Balaban J connectivity index is 4.67. The fraction of sp³-hybridized carbons (Fsp3) is 0. The topological polar surface area (TPSA) is 80.3 Å². The number of hydrogen-bond donors (Lipinski definition) is 0. The largest absolute Gasteiger partial charge is 0.544 e. The first-order valence-electron chi connectivity index (χ1n) is 1.94. The predicted molar refractivity (Wildman–Crippen MR) is 34.9 cm³/mol. The molecule has 0 aliphatic carbocycles. The Kier molecular flexibility index (Phi) is 3.59. The van der Waals surface area contributed by atoms with Gasteiger partial charge in [0.1, 0.15) is 0 Å². The van der Waals surface area contributed by atoms with Crippen LogP contribution >= 0.6 is 31.9 Å². The Hall–Kier alpha value is -0.360. The van der Waals surface area contributed by atoms with Crippen molar-refractivity contribution in [3.63, 3.8) is 0 Å². The van der Waals surface area contributed by atoms with Crippen LogP contribution in [0.1, 0.15) is 0 Å². The van der Waals surface area contributed by atoms with Crippen molar-refractivity contribution in [2.24, 2.45) is 0 Å². The quantitative estimate of drug-likeness (QED) is 0.572. The molecule has 10 heavy (non-hydrogen) atoms. The first-order chi connectivity index (χ1) is 4.46. The molecule has 4 nitrogen and oxygen atoms in total. The van der Waals surface area contributed by atoms with Crippen LogP contribution in [-0.2, 0) is 9.59 Å². The van der Waals surface area contributed by atoms with E-state index in [1.165, 1.54) is 0 Å². The van der Waals surface area contributed by atoms with Crippen LogP contribution in [0.15, 0.2) is 8.96 Å². The van der Waals surface area contributed by atoms with E-state index in [9.17, 15) is 19.8 Å². The number of aliphatic carboxylic acids is 2. The lowest BCUT2D eigenvalue weighted by molar-refractivity contribution is -0.302. The predicted octanol–water partition coefficient (Wildman–Crippen LogP) is -1.51. The van der Waals surface area contributed by atoms with E-state index in [0.717, 1.165) is 0 Å². The van der Waals surface area contributed by atoms with E-state index in [2.05, 4.69) is 31.9 Å². The van der Waals surface area contributed by atoms with Crippen LogP contribution in [0.25, 0.3) is 0 Å². The zero-order chi connectivity index (χ0) is 8.31. The molecule has 0 atom stereocenters. The summed E-state index contributed by atoms with van der Waals surface area (Å²) in [5, 5.41) is 19.8.